The van der Waals surface area contributed by atoms with Crippen LogP contribution in [-0.4, -0.2) is 19.0 Å². The number of methoxy groups -OCH3 is 1. The number of alkyl halides is 1. The Kier molecular flexibility index (Phi) is 6.93. The van der Waals surface area contributed by atoms with E-state index in [1.54, 1.807) is 7.11 Å². The third kappa shape index (κ3) is 5.28. The molecule has 0 fully saturated rings. The third-order valence-electron chi connectivity index (χ3n) is 2.65. The lowest BCUT2D eigenvalue weighted by molar-refractivity contribution is 0.404. The van der Waals surface area contributed by atoms with Crippen molar-refractivity contribution in [3.8, 4) is 5.75 Å². The smallest absolute Gasteiger partial charge is 0.123 e. The summed E-state index contributed by atoms with van der Waals surface area (Å²) in [6.07, 6.45) is 2.14. The quantitative estimate of drug-likeness (QED) is 0.768. The largest absolute Gasteiger partial charge is 0.496 e. The van der Waals surface area contributed by atoms with Gasteiger partial charge in [0.2, 0.25) is 0 Å². The summed E-state index contributed by atoms with van der Waals surface area (Å²) in [6, 6.07) is 6.52. The van der Waals surface area contributed by atoms with Crippen molar-refractivity contribution in [2.24, 2.45) is 0 Å². The fourth-order valence-corrected chi connectivity index (χ4v) is 2.22. The van der Waals surface area contributed by atoms with Crippen molar-refractivity contribution in [3.05, 3.63) is 28.2 Å². The van der Waals surface area contributed by atoms with Gasteiger partial charge in [-0.3, -0.25) is 0 Å². The van der Waals surface area contributed by atoms with Crippen LogP contribution >= 0.6 is 27.5 Å². The minimum atomic E-state index is 0.470. The van der Waals surface area contributed by atoms with Crippen LogP contribution in [0.4, 0.5) is 0 Å². The molecule has 0 heterocycles. The first-order chi connectivity index (χ1) is 8.17. The lowest BCUT2D eigenvalue weighted by Gasteiger charge is -2.15. The number of ether oxygens (including phenoxy) is 1. The molecule has 1 aromatic rings. The fraction of sp³-hybridized carbons (Fsp3) is 0.538. The Labute approximate surface area is 117 Å². The first kappa shape index (κ1) is 14.8. The van der Waals surface area contributed by atoms with Gasteiger partial charge in [0.15, 0.2) is 0 Å². The summed E-state index contributed by atoms with van der Waals surface area (Å²) < 4.78 is 6.40. The molecule has 1 rings (SSSR count). The molecule has 0 aliphatic rings. The summed E-state index contributed by atoms with van der Waals surface area (Å²) in [7, 11) is 1.70. The van der Waals surface area contributed by atoms with E-state index < -0.39 is 0 Å². The van der Waals surface area contributed by atoms with E-state index in [0.717, 1.165) is 35.5 Å². The molecule has 0 aliphatic carbocycles. The number of hydrogen-bond donors (Lipinski definition) is 1. The van der Waals surface area contributed by atoms with Gasteiger partial charge in [-0.05, 0) is 38.0 Å². The fourth-order valence-electron chi connectivity index (χ4n) is 1.65. The molecule has 4 heteroatoms. The number of hydrogen-bond acceptors (Lipinski definition) is 2. The standard InChI is InChI=1S/C13H19BrClNO/c1-10(4-3-7-15)16-9-11-8-12(14)5-6-13(11)17-2/h5-6,8,10,16H,3-4,7,9H2,1-2H3. The minimum absolute atomic E-state index is 0.470. The average molecular weight is 321 g/mol. The Morgan fingerprint density at radius 1 is 1.47 bits per heavy atom. The highest BCUT2D eigenvalue weighted by Gasteiger charge is 2.06. The first-order valence-electron chi connectivity index (χ1n) is 5.79. The molecule has 96 valence electrons. The molecule has 2 nitrogen and oxygen atoms in total. The van der Waals surface area contributed by atoms with Gasteiger partial charge in [-0.1, -0.05) is 15.9 Å². The Morgan fingerprint density at radius 2 is 2.24 bits per heavy atom. The second-order valence-corrected chi connectivity index (χ2v) is 5.36. The van der Waals surface area contributed by atoms with Gasteiger partial charge >= 0.3 is 0 Å². The molecule has 0 amide bonds. The van der Waals surface area contributed by atoms with Gasteiger partial charge in [0.1, 0.15) is 5.75 Å². The molecule has 1 N–H and O–H groups in total. The lowest BCUT2D eigenvalue weighted by Crippen LogP contribution is -2.25. The van der Waals surface area contributed by atoms with Crippen molar-refractivity contribution in [3.63, 3.8) is 0 Å². The van der Waals surface area contributed by atoms with Crippen LogP contribution in [0.3, 0.4) is 0 Å². The molecule has 1 aromatic carbocycles. The zero-order chi connectivity index (χ0) is 12.7. The SMILES string of the molecule is COc1ccc(Br)cc1CNC(C)CCCCl. The van der Waals surface area contributed by atoms with Crippen molar-refractivity contribution in [2.45, 2.75) is 32.4 Å². The number of halogens is 2. The van der Waals surface area contributed by atoms with Gasteiger partial charge in [0, 0.05) is 28.5 Å². The summed E-state index contributed by atoms with van der Waals surface area (Å²) in [5.74, 6) is 1.65. The second-order valence-electron chi connectivity index (χ2n) is 4.07. The van der Waals surface area contributed by atoms with Crippen molar-refractivity contribution in [2.75, 3.05) is 13.0 Å². The summed E-state index contributed by atoms with van der Waals surface area (Å²) in [4.78, 5) is 0. The molecule has 0 saturated heterocycles. The first-order valence-corrected chi connectivity index (χ1v) is 7.12. The maximum Gasteiger partial charge on any atom is 0.123 e. The predicted molar refractivity (Wildman–Crippen MR) is 76.9 cm³/mol. The zero-order valence-corrected chi connectivity index (χ0v) is 12.6. The highest BCUT2D eigenvalue weighted by Crippen LogP contribution is 2.22. The zero-order valence-electron chi connectivity index (χ0n) is 10.3. The monoisotopic (exact) mass is 319 g/mol. The molecule has 0 spiro atoms. The predicted octanol–water partition coefficient (Wildman–Crippen LogP) is 3.95. The molecule has 0 bridgehead atoms. The molecule has 1 atom stereocenters. The van der Waals surface area contributed by atoms with Gasteiger partial charge in [0.25, 0.3) is 0 Å². The summed E-state index contributed by atoms with van der Waals surface area (Å²) in [6.45, 7) is 2.99. The van der Waals surface area contributed by atoms with Gasteiger partial charge in [0.05, 0.1) is 7.11 Å². The maximum absolute atomic E-state index is 5.68. The highest BCUT2D eigenvalue weighted by atomic mass is 79.9. The van der Waals surface area contributed by atoms with E-state index in [-0.39, 0.29) is 0 Å². The summed E-state index contributed by atoms with van der Waals surface area (Å²) in [5.41, 5.74) is 1.17. The Bertz CT molecular complexity index is 346. The maximum atomic E-state index is 5.68. The Hall–Kier alpha value is -0.250. The molecular weight excluding hydrogens is 302 g/mol. The number of benzene rings is 1. The normalized spacial score (nSPS) is 12.5. The van der Waals surface area contributed by atoms with Gasteiger partial charge < -0.3 is 10.1 Å². The molecule has 0 aliphatic heterocycles. The van der Waals surface area contributed by atoms with Crippen LogP contribution in [0.15, 0.2) is 22.7 Å². The van der Waals surface area contributed by atoms with Crippen LogP contribution in [0, 0.1) is 0 Å². The average Bonchev–Trinajstić information content (AvgIpc) is 2.34. The number of rotatable bonds is 7. The van der Waals surface area contributed by atoms with Crippen LogP contribution < -0.4 is 10.1 Å². The third-order valence-corrected chi connectivity index (χ3v) is 3.41. The van der Waals surface area contributed by atoms with E-state index in [9.17, 15) is 0 Å². The van der Waals surface area contributed by atoms with Crippen molar-refractivity contribution < 1.29 is 4.74 Å². The van der Waals surface area contributed by atoms with E-state index in [0.29, 0.717) is 6.04 Å². The van der Waals surface area contributed by atoms with E-state index >= 15 is 0 Å². The van der Waals surface area contributed by atoms with Gasteiger partial charge in [-0.15, -0.1) is 11.6 Å². The lowest BCUT2D eigenvalue weighted by atomic mass is 10.1. The van der Waals surface area contributed by atoms with E-state index in [1.165, 1.54) is 5.56 Å². The topological polar surface area (TPSA) is 21.3 Å². The molecule has 0 aromatic heterocycles. The van der Waals surface area contributed by atoms with Crippen LogP contribution in [0.25, 0.3) is 0 Å². The van der Waals surface area contributed by atoms with Crippen molar-refractivity contribution in [1.29, 1.82) is 0 Å². The van der Waals surface area contributed by atoms with Crippen LogP contribution in [0.2, 0.25) is 0 Å². The van der Waals surface area contributed by atoms with E-state index in [4.69, 9.17) is 16.3 Å². The summed E-state index contributed by atoms with van der Waals surface area (Å²) in [5, 5.41) is 3.48. The van der Waals surface area contributed by atoms with Crippen LogP contribution in [-0.2, 0) is 6.54 Å². The van der Waals surface area contributed by atoms with Crippen molar-refractivity contribution in [1.82, 2.24) is 5.32 Å². The summed E-state index contributed by atoms with van der Waals surface area (Å²) >= 11 is 9.15. The van der Waals surface area contributed by atoms with Crippen LogP contribution in [0.1, 0.15) is 25.3 Å². The Balaban J connectivity index is 2.52. The molecule has 1 unspecified atom stereocenters. The molecule has 0 saturated carbocycles. The van der Waals surface area contributed by atoms with Gasteiger partial charge in [-0.2, -0.15) is 0 Å². The van der Waals surface area contributed by atoms with E-state index in [2.05, 4.69) is 34.2 Å². The minimum Gasteiger partial charge on any atom is -0.496 e. The van der Waals surface area contributed by atoms with E-state index in [1.807, 2.05) is 12.1 Å². The molecule has 0 radical (unpaired) electrons. The highest BCUT2D eigenvalue weighted by molar-refractivity contribution is 9.10. The van der Waals surface area contributed by atoms with Crippen LogP contribution in [0.5, 0.6) is 5.75 Å². The number of nitrogens with one attached hydrogen (secondary N) is 1. The second kappa shape index (κ2) is 7.96. The van der Waals surface area contributed by atoms with Crippen molar-refractivity contribution >= 4 is 27.5 Å². The van der Waals surface area contributed by atoms with Gasteiger partial charge in [-0.25, -0.2) is 0 Å². The molecule has 17 heavy (non-hydrogen) atoms. The Morgan fingerprint density at radius 3 is 2.88 bits per heavy atom. The molecular formula is C13H19BrClNO.